The normalized spacial score (nSPS) is 18.7. The van der Waals surface area contributed by atoms with Gasteiger partial charge in [0.05, 0.1) is 19.4 Å². The summed E-state index contributed by atoms with van der Waals surface area (Å²) in [5.41, 5.74) is 0.779. The minimum absolute atomic E-state index is 0.00494. The Hall–Kier alpha value is -2.19. The maximum Gasteiger partial charge on any atom is 0.278 e. The van der Waals surface area contributed by atoms with Crippen LogP contribution in [0.3, 0.4) is 0 Å². The number of piperidine rings is 1. The van der Waals surface area contributed by atoms with Crippen LogP contribution in [0, 0.1) is 0 Å². The lowest BCUT2D eigenvalue weighted by atomic mass is 10.1. The fourth-order valence-electron chi connectivity index (χ4n) is 2.82. The second-order valence-electron chi connectivity index (χ2n) is 5.85. The van der Waals surface area contributed by atoms with Gasteiger partial charge >= 0.3 is 0 Å². The van der Waals surface area contributed by atoms with Crippen LogP contribution in [0.5, 0.6) is 11.8 Å². The number of ether oxygens (including phenoxy) is 2. The number of benzene rings is 1. The fourth-order valence-corrected chi connectivity index (χ4v) is 4.42. The molecule has 2 heterocycles. The Morgan fingerprint density at radius 1 is 1.16 bits per heavy atom. The lowest BCUT2D eigenvalue weighted by Gasteiger charge is -2.31. The molecule has 0 spiro atoms. The van der Waals surface area contributed by atoms with Crippen LogP contribution in [0.1, 0.15) is 18.4 Å². The molecule has 0 amide bonds. The number of sulfonamides is 1. The molecular weight excluding hydrogens is 342 g/mol. The molecule has 1 aromatic heterocycles. The number of nitrogens with zero attached hydrogens (tertiary/aromatic N) is 3. The van der Waals surface area contributed by atoms with Crippen molar-refractivity contribution >= 4 is 10.0 Å². The second kappa shape index (κ2) is 7.79. The molecule has 0 N–H and O–H groups in total. The quantitative estimate of drug-likeness (QED) is 0.779. The summed E-state index contributed by atoms with van der Waals surface area (Å²) in [5, 5.41) is 0. The molecule has 1 fully saturated rings. The van der Waals surface area contributed by atoms with Crippen molar-refractivity contribution in [3.05, 3.63) is 48.3 Å². The Bertz CT molecular complexity index is 799. The van der Waals surface area contributed by atoms with Crippen LogP contribution >= 0.6 is 0 Å². The number of aromatic nitrogens is 2. The van der Waals surface area contributed by atoms with Gasteiger partial charge in [-0.05, 0) is 18.4 Å². The molecule has 7 nitrogen and oxygen atoms in total. The first-order valence-corrected chi connectivity index (χ1v) is 9.73. The highest BCUT2D eigenvalue weighted by atomic mass is 32.2. The molecule has 3 rings (SSSR count). The topological polar surface area (TPSA) is 81.6 Å². The van der Waals surface area contributed by atoms with E-state index >= 15 is 0 Å². The largest absolute Gasteiger partial charge is 0.477 e. The van der Waals surface area contributed by atoms with Gasteiger partial charge in [0.2, 0.25) is 10.0 Å². The third-order valence-corrected chi connectivity index (χ3v) is 5.85. The first kappa shape index (κ1) is 17.6. The highest BCUT2D eigenvalue weighted by Crippen LogP contribution is 2.25. The van der Waals surface area contributed by atoms with Crippen LogP contribution in [0.2, 0.25) is 0 Å². The molecule has 1 aliphatic rings. The number of methoxy groups -OCH3 is 1. The Morgan fingerprint density at radius 2 is 1.88 bits per heavy atom. The van der Waals surface area contributed by atoms with E-state index in [2.05, 4.69) is 9.97 Å². The summed E-state index contributed by atoms with van der Waals surface area (Å²) in [4.78, 5) is 8.17. The predicted octanol–water partition coefficient (Wildman–Crippen LogP) is 1.86. The summed E-state index contributed by atoms with van der Waals surface area (Å²) in [6.45, 7) is 0.807. The van der Waals surface area contributed by atoms with Crippen molar-refractivity contribution < 1.29 is 17.9 Å². The van der Waals surface area contributed by atoms with Crippen molar-refractivity contribution in [3.63, 3.8) is 0 Å². The Balaban J connectivity index is 1.68. The maximum absolute atomic E-state index is 12.7. The highest BCUT2D eigenvalue weighted by Gasteiger charge is 2.30. The Labute approximate surface area is 147 Å². The van der Waals surface area contributed by atoms with Crippen molar-refractivity contribution in [2.75, 3.05) is 20.2 Å². The highest BCUT2D eigenvalue weighted by molar-refractivity contribution is 7.88. The van der Waals surface area contributed by atoms with Gasteiger partial charge in [-0.1, -0.05) is 30.3 Å². The van der Waals surface area contributed by atoms with Crippen molar-refractivity contribution in [1.29, 1.82) is 0 Å². The van der Waals surface area contributed by atoms with Gasteiger partial charge in [-0.3, -0.25) is 0 Å². The standard InChI is InChI=1S/C17H21N3O4S/c1-23-16-17(19-10-9-18-16)24-15-8-5-11-20(12-15)25(21,22)13-14-6-3-2-4-7-14/h2-4,6-7,9-10,15H,5,8,11-13H2,1H3. The summed E-state index contributed by atoms with van der Waals surface area (Å²) in [6, 6.07) is 9.19. The number of hydrogen-bond acceptors (Lipinski definition) is 6. The Morgan fingerprint density at radius 3 is 2.60 bits per heavy atom. The van der Waals surface area contributed by atoms with Gasteiger partial charge in [0.1, 0.15) is 6.10 Å². The van der Waals surface area contributed by atoms with E-state index in [1.54, 1.807) is 0 Å². The Kier molecular flexibility index (Phi) is 5.50. The molecular formula is C17H21N3O4S. The zero-order chi connectivity index (χ0) is 17.7. The minimum atomic E-state index is -3.39. The summed E-state index contributed by atoms with van der Waals surface area (Å²) in [7, 11) is -1.90. The van der Waals surface area contributed by atoms with Gasteiger partial charge in [0, 0.05) is 18.9 Å². The zero-order valence-electron chi connectivity index (χ0n) is 14.0. The summed E-state index contributed by atoms with van der Waals surface area (Å²) >= 11 is 0. The molecule has 0 bridgehead atoms. The fraction of sp³-hybridized carbons (Fsp3) is 0.412. The molecule has 134 valence electrons. The maximum atomic E-state index is 12.7. The van der Waals surface area contributed by atoms with E-state index in [-0.39, 0.29) is 17.7 Å². The molecule has 2 aromatic rings. The first-order chi connectivity index (χ1) is 12.1. The molecule has 1 unspecified atom stereocenters. The van der Waals surface area contributed by atoms with Crippen LogP contribution in [0.4, 0.5) is 0 Å². The molecule has 1 aliphatic heterocycles. The first-order valence-electron chi connectivity index (χ1n) is 8.12. The number of hydrogen-bond donors (Lipinski definition) is 0. The van der Waals surface area contributed by atoms with Crippen LogP contribution in [0.25, 0.3) is 0 Å². The smallest absolute Gasteiger partial charge is 0.278 e. The molecule has 1 saturated heterocycles. The average Bonchev–Trinajstić information content (AvgIpc) is 2.63. The van der Waals surface area contributed by atoms with Gasteiger partial charge in [-0.15, -0.1) is 0 Å². The van der Waals surface area contributed by atoms with Crippen LogP contribution in [0.15, 0.2) is 42.7 Å². The number of rotatable bonds is 6. The summed E-state index contributed by atoms with van der Waals surface area (Å²) in [6.07, 6.45) is 4.26. The van der Waals surface area contributed by atoms with Gasteiger partial charge < -0.3 is 9.47 Å². The van der Waals surface area contributed by atoms with E-state index in [1.165, 1.54) is 23.8 Å². The molecule has 0 aliphatic carbocycles. The van der Waals surface area contributed by atoms with Gasteiger partial charge in [-0.25, -0.2) is 18.4 Å². The molecule has 1 atom stereocenters. The third-order valence-electron chi connectivity index (χ3n) is 4.03. The molecule has 1 aromatic carbocycles. The van der Waals surface area contributed by atoms with Crippen molar-refractivity contribution in [2.24, 2.45) is 0 Å². The van der Waals surface area contributed by atoms with E-state index in [0.29, 0.717) is 19.0 Å². The van der Waals surface area contributed by atoms with Crippen LogP contribution in [-0.4, -0.2) is 49.0 Å². The van der Waals surface area contributed by atoms with Gasteiger partial charge in [-0.2, -0.15) is 4.31 Å². The third kappa shape index (κ3) is 4.46. The van der Waals surface area contributed by atoms with E-state index < -0.39 is 10.0 Å². The van der Waals surface area contributed by atoms with Crippen molar-refractivity contribution in [3.8, 4) is 11.8 Å². The summed E-state index contributed by atoms with van der Waals surface area (Å²) in [5.74, 6) is 0.582. The van der Waals surface area contributed by atoms with E-state index in [1.807, 2.05) is 30.3 Å². The van der Waals surface area contributed by atoms with E-state index in [0.717, 1.165) is 18.4 Å². The van der Waals surface area contributed by atoms with E-state index in [4.69, 9.17) is 9.47 Å². The van der Waals surface area contributed by atoms with Crippen LogP contribution < -0.4 is 9.47 Å². The van der Waals surface area contributed by atoms with Gasteiger partial charge in [0.25, 0.3) is 11.8 Å². The van der Waals surface area contributed by atoms with Gasteiger partial charge in [0.15, 0.2) is 0 Å². The molecule has 0 saturated carbocycles. The average molecular weight is 363 g/mol. The predicted molar refractivity (Wildman–Crippen MR) is 92.9 cm³/mol. The lowest BCUT2D eigenvalue weighted by molar-refractivity contribution is 0.119. The molecule has 0 radical (unpaired) electrons. The second-order valence-corrected chi connectivity index (χ2v) is 7.82. The SMILES string of the molecule is COc1nccnc1OC1CCCN(S(=O)(=O)Cc2ccccc2)C1. The van der Waals surface area contributed by atoms with Crippen LogP contribution in [-0.2, 0) is 15.8 Å². The zero-order valence-corrected chi connectivity index (χ0v) is 14.9. The molecule has 25 heavy (non-hydrogen) atoms. The summed E-state index contributed by atoms with van der Waals surface area (Å²) < 4.78 is 37.9. The molecule has 8 heteroatoms. The van der Waals surface area contributed by atoms with Crippen molar-refractivity contribution in [2.45, 2.75) is 24.7 Å². The monoisotopic (exact) mass is 363 g/mol. The van der Waals surface area contributed by atoms with E-state index in [9.17, 15) is 8.42 Å². The lowest BCUT2D eigenvalue weighted by Crippen LogP contribution is -2.44. The minimum Gasteiger partial charge on any atom is -0.477 e. The van der Waals surface area contributed by atoms with Crippen molar-refractivity contribution in [1.82, 2.24) is 14.3 Å².